The van der Waals surface area contributed by atoms with E-state index in [1.807, 2.05) is 17.5 Å². The van der Waals surface area contributed by atoms with Gasteiger partial charge in [-0.25, -0.2) is 4.79 Å². The van der Waals surface area contributed by atoms with Crippen LogP contribution in [-0.4, -0.2) is 39.2 Å². The number of hydrogen-bond donors (Lipinski definition) is 0. The number of aromatic nitrogens is 2. The number of benzene rings is 2. The summed E-state index contributed by atoms with van der Waals surface area (Å²) >= 11 is 1.70. The van der Waals surface area contributed by atoms with E-state index < -0.39 is 12.1 Å². The van der Waals surface area contributed by atoms with Crippen LogP contribution < -0.4 is 5.56 Å². The van der Waals surface area contributed by atoms with Gasteiger partial charge in [0.2, 0.25) is 0 Å². The normalized spacial score (nSPS) is 14.0. The number of hydrogen-bond acceptors (Lipinski definition) is 6. The number of ether oxygens (including phenoxy) is 1. The first kappa shape index (κ1) is 21.1. The molecule has 8 heteroatoms. The molecule has 7 nitrogen and oxygen atoms in total. The Bertz CT molecular complexity index is 1410. The molecule has 0 spiro atoms. The highest BCUT2D eigenvalue weighted by Gasteiger charge is 2.29. The summed E-state index contributed by atoms with van der Waals surface area (Å²) in [5.74, 6) is -0.995. The minimum atomic E-state index is -0.977. The van der Waals surface area contributed by atoms with Gasteiger partial charge in [0.05, 0.1) is 11.1 Å². The Morgan fingerprint density at radius 1 is 1.03 bits per heavy atom. The van der Waals surface area contributed by atoms with Crippen LogP contribution in [0, 0.1) is 0 Å². The first-order chi connectivity index (χ1) is 16.0. The molecular formula is C25H21N3O4S. The van der Waals surface area contributed by atoms with E-state index >= 15 is 0 Å². The summed E-state index contributed by atoms with van der Waals surface area (Å²) < 4.78 is 6.74. The molecule has 0 radical (unpaired) electrons. The highest BCUT2D eigenvalue weighted by atomic mass is 32.1. The molecule has 1 aliphatic heterocycles. The lowest BCUT2D eigenvalue weighted by molar-refractivity contribution is -0.140. The maximum Gasteiger partial charge on any atom is 0.360 e. The summed E-state index contributed by atoms with van der Waals surface area (Å²) in [6.45, 7) is 2.67. The maximum atomic E-state index is 13.1. The smallest absolute Gasteiger partial charge is 0.360 e. The Kier molecular flexibility index (Phi) is 5.51. The van der Waals surface area contributed by atoms with Crippen molar-refractivity contribution in [1.82, 2.24) is 14.7 Å². The average molecular weight is 460 g/mol. The Hall–Kier alpha value is -3.78. The average Bonchev–Trinajstić information content (AvgIpc) is 3.32. The minimum Gasteiger partial charge on any atom is -0.448 e. The number of amides is 1. The summed E-state index contributed by atoms with van der Waals surface area (Å²) in [7, 11) is 0. The van der Waals surface area contributed by atoms with Crippen LogP contribution in [0.1, 0.15) is 27.9 Å². The fourth-order valence-corrected chi connectivity index (χ4v) is 4.93. The van der Waals surface area contributed by atoms with E-state index in [0.29, 0.717) is 29.5 Å². The summed E-state index contributed by atoms with van der Waals surface area (Å²) in [6, 6.07) is 17.7. The second-order valence-corrected chi connectivity index (χ2v) is 8.87. The SMILES string of the molecule is CC(OC(=O)c1nn(-c2ccccc2)c(=O)c2ccccc12)C(=O)N1CCc2sccc2C1. The summed E-state index contributed by atoms with van der Waals surface area (Å²) in [6.07, 6.45) is -0.177. The Morgan fingerprint density at radius 2 is 1.76 bits per heavy atom. The van der Waals surface area contributed by atoms with E-state index in [9.17, 15) is 14.4 Å². The molecule has 0 bridgehead atoms. The van der Waals surface area contributed by atoms with E-state index in [1.165, 1.54) is 9.56 Å². The first-order valence-corrected chi connectivity index (χ1v) is 11.5. The van der Waals surface area contributed by atoms with Crippen molar-refractivity contribution in [2.45, 2.75) is 26.0 Å². The van der Waals surface area contributed by atoms with Gasteiger partial charge in [-0.3, -0.25) is 9.59 Å². The van der Waals surface area contributed by atoms with Gasteiger partial charge in [0.25, 0.3) is 11.5 Å². The van der Waals surface area contributed by atoms with Crippen molar-refractivity contribution >= 4 is 34.0 Å². The van der Waals surface area contributed by atoms with Crippen LogP contribution in [0.4, 0.5) is 0 Å². The molecular weight excluding hydrogens is 438 g/mol. The molecule has 0 fully saturated rings. The molecule has 2 aromatic heterocycles. The van der Waals surface area contributed by atoms with Gasteiger partial charge >= 0.3 is 5.97 Å². The van der Waals surface area contributed by atoms with Crippen molar-refractivity contribution in [3.8, 4) is 5.69 Å². The molecule has 1 aliphatic rings. The Balaban J connectivity index is 1.44. The van der Waals surface area contributed by atoms with Gasteiger partial charge < -0.3 is 9.64 Å². The second-order valence-electron chi connectivity index (χ2n) is 7.87. The molecule has 33 heavy (non-hydrogen) atoms. The molecule has 1 unspecified atom stereocenters. The zero-order valence-electron chi connectivity index (χ0n) is 17.9. The van der Waals surface area contributed by atoms with Crippen molar-refractivity contribution in [3.63, 3.8) is 0 Å². The van der Waals surface area contributed by atoms with E-state index in [0.717, 1.165) is 12.0 Å². The van der Waals surface area contributed by atoms with Crippen LogP contribution in [0.2, 0.25) is 0 Å². The van der Waals surface area contributed by atoms with E-state index in [4.69, 9.17) is 4.74 Å². The molecule has 1 amide bonds. The molecule has 4 aromatic rings. The fraction of sp³-hybridized carbons (Fsp3) is 0.200. The number of carbonyl (C=O) groups is 2. The predicted molar refractivity (Wildman–Crippen MR) is 126 cm³/mol. The molecule has 3 heterocycles. The van der Waals surface area contributed by atoms with Crippen LogP contribution in [0.3, 0.4) is 0 Å². The molecule has 0 saturated heterocycles. The molecule has 166 valence electrons. The van der Waals surface area contributed by atoms with Crippen LogP contribution in [-0.2, 0) is 22.5 Å². The molecule has 2 aromatic carbocycles. The van der Waals surface area contributed by atoms with Crippen molar-refractivity contribution in [2.24, 2.45) is 0 Å². The van der Waals surface area contributed by atoms with E-state index in [2.05, 4.69) is 5.10 Å². The van der Waals surface area contributed by atoms with Gasteiger partial charge in [0.1, 0.15) is 0 Å². The number of nitrogens with zero attached hydrogens (tertiary/aromatic N) is 3. The summed E-state index contributed by atoms with van der Waals surface area (Å²) in [5.41, 5.74) is 1.33. The monoisotopic (exact) mass is 459 g/mol. The third-order valence-corrected chi connectivity index (χ3v) is 6.77. The quantitative estimate of drug-likeness (QED) is 0.436. The Morgan fingerprint density at radius 3 is 2.55 bits per heavy atom. The van der Waals surface area contributed by atoms with Gasteiger partial charge in [-0.2, -0.15) is 9.78 Å². The van der Waals surface area contributed by atoms with E-state index in [1.54, 1.807) is 71.7 Å². The third-order valence-electron chi connectivity index (χ3n) is 5.75. The summed E-state index contributed by atoms with van der Waals surface area (Å²) in [4.78, 5) is 42.1. The highest BCUT2D eigenvalue weighted by molar-refractivity contribution is 7.10. The van der Waals surface area contributed by atoms with E-state index in [-0.39, 0.29) is 17.2 Å². The largest absolute Gasteiger partial charge is 0.448 e. The zero-order valence-corrected chi connectivity index (χ0v) is 18.7. The first-order valence-electron chi connectivity index (χ1n) is 10.7. The number of thiophene rings is 1. The van der Waals surface area contributed by atoms with Crippen LogP contribution in [0.5, 0.6) is 0 Å². The minimum absolute atomic E-state index is 0.00697. The van der Waals surface area contributed by atoms with Crippen molar-refractivity contribution in [2.75, 3.05) is 6.54 Å². The van der Waals surface area contributed by atoms with Crippen LogP contribution in [0.15, 0.2) is 70.8 Å². The number of rotatable bonds is 4. The number of carbonyl (C=O) groups excluding carboxylic acids is 2. The van der Waals surface area contributed by atoms with Crippen molar-refractivity contribution < 1.29 is 14.3 Å². The maximum absolute atomic E-state index is 13.1. The van der Waals surface area contributed by atoms with Gasteiger partial charge in [-0.1, -0.05) is 36.4 Å². The van der Waals surface area contributed by atoms with Gasteiger partial charge in [-0.05, 0) is 48.6 Å². The van der Waals surface area contributed by atoms with Crippen LogP contribution >= 0.6 is 11.3 Å². The number of esters is 1. The standard InChI is InChI=1S/C25H21N3O4S/c1-16(23(29)27-13-11-21-17(15-27)12-14-33-21)32-25(31)22-19-9-5-6-10-20(19)24(30)28(26-22)18-7-3-2-4-8-18/h2-10,12,14,16H,11,13,15H2,1H3. The second kappa shape index (κ2) is 8.63. The predicted octanol–water partition coefficient (Wildman–Crippen LogP) is 3.58. The van der Waals surface area contributed by atoms with Gasteiger partial charge in [-0.15, -0.1) is 11.3 Å². The molecule has 0 saturated carbocycles. The topological polar surface area (TPSA) is 81.5 Å². The highest BCUT2D eigenvalue weighted by Crippen LogP contribution is 2.25. The van der Waals surface area contributed by atoms with Crippen molar-refractivity contribution in [3.05, 3.63) is 92.5 Å². The van der Waals surface area contributed by atoms with Gasteiger partial charge in [0.15, 0.2) is 11.8 Å². The van der Waals surface area contributed by atoms with Crippen LogP contribution in [0.25, 0.3) is 16.5 Å². The lowest BCUT2D eigenvalue weighted by atomic mass is 10.1. The number of fused-ring (bicyclic) bond motifs is 2. The lowest BCUT2D eigenvalue weighted by Gasteiger charge is -2.29. The zero-order chi connectivity index (χ0) is 22.9. The third kappa shape index (κ3) is 3.93. The van der Waals surface area contributed by atoms with Crippen molar-refractivity contribution in [1.29, 1.82) is 0 Å². The molecule has 0 N–H and O–H groups in total. The lowest BCUT2D eigenvalue weighted by Crippen LogP contribution is -2.42. The summed E-state index contributed by atoms with van der Waals surface area (Å²) in [5, 5.41) is 7.09. The molecule has 1 atom stereocenters. The Labute approximate surface area is 193 Å². The van der Waals surface area contributed by atoms with Gasteiger partial charge in [0, 0.05) is 23.4 Å². The fourth-order valence-electron chi connectivity index (χ4n) is 4.04. The number of para-hydroxylation sites is 1. The molecule has 5 rings (SSSR count). The molecule has 0 aliphatic carbocycles.